The Bertz CT molecular complexity index is 532. The first kappa shape index (κ1) is 13.0. The van der Waals surface area contributed by atoms with Gasteiger partial charge in [0.15, 0.2) is 0 Å². The first-order chi connectivity index (χ1) is 8.45. The number of halogens is 1. The molecule has 2 aromatic rings. The van der Waals surface area contributed by atoms with Gasteiger partial charge >= 0.3 is 6.01 Å². The fourth-order valence-corrected chi connectivity index (χ4v) is 1.69. The summed E-state index contributed by atoms with van der Waals surface area (Å²) in [6.07, 6.45) is 3.33. The number of hydrogen-bond donors (Lipinski definition) is 0. The first-order valence-corrected chi connectivity index (χ1v) is 6.50. The molecule has 0 aliphatic rings. The summed E-state index contributed by atoms with van der Waals surface area (Å²) in [4.78, 5) is 8.17. The molecule has 1 heterocycles. The molecule has 0 amide bonds. The summed E-state index contributed by atoms with van der Waals surface area (Å²) in [6, 6.07) is 8.35. The van der Waals surface area contributed by atoms with Crippen LogP contribution in [0.15, 0.2) is 41.1 Å². The summed E-state index contributed by atoms with van der Waals surface area (Å²) in [5.41, 5.74) is 1.32. The van der Waals surface area contributed by atoms with Gasteiger partial charge in [0.1, 0.15) is 5.75 Å². The average molecular weight is 307 g/mol. The molecule has 0 aliphatic heterocycles. The van der Waals surface area contributed by atoms with Gasteiger partial charge in [-0.3, -0.25) is 0 Å². The molecule has 0 spiro atoms. The molecule has 94 valence electrons. The highest BCUT2D eigenvalue weighted by molar-refractivity contribution is 9.10. The van der Waals surface area contributed by atoms with Crippen molar-refractivity contribution in [2.75, 3.05) is 0 Å². The normalized spacial score (nSPS) is 11.3. The maximum absolute atomic E-state index is 5.63. The third-order valence-corrected chi connectivity index (χ3v) is 2.92. The van der Waals surface area contributed by atoms with Crippen molar-refractivity contribution in [1.82, 2.24) is 9.97 Å². The van der Waals surface area contributed by atoms with Crippen LogP contribution in [0.2, 0.25) is 0 Å². The summed E-state index contributed by atoms with van der Waals surface area (Å²) in [6.45, 7) is 6.51. The fourth-order valence-electron chi connectivity index (χ4n) is 1.48. The van der Waals surface area contributed by atoms with Crippen LogP contribution in [-0.4, -0.2) is 9.97 Å². The number of aromatic nitrogens is 2. The molecule has 0 saturated carbocycles. The summed E-state index contributed by atoms with van der Waals surface area (Å²) in [5.74, 6) is 0.754. The number of hydrogen-bond acceptors (Lipinski definition) is 3. The molecule has 18 heavy (non-hydrogen) atoms. The maximum atomic E-state index is 5.63. The zero-order chi connectivity index (χ0) is 13.2. The van der Waals surface area contributed by atoms with Gasteiger partial charge in [-0.1, -0.05) is 32.9 Å². The van der Waals surface area contributed by atoms with Crippen molar-refractivity contribution < 1.29 is 4.74 Å². The molecule has 4 heteroatoms. The van der Waals surface area contributed by atoms with E-state index in [0.29, 0.717) is 6.01 Å². The van der Waals surface area contributed by atoms with E-state index in [1.165, 1.54) is 5.56 Å². The van der Waals surface area contributed by atoms with Crippen LogP contribution in [0.25, 0.3) is 0 Å². The second-order valence-electron chi connectivity index (χ2n) is 5.06. The van der Waals surface area contributed by atoms with E-state index in [2.05, 4.69) is 52.7 Å². The Morgan fingerprint density at radius 1 is 1.11 bits per heavy atom. The van der Waals surface area contributed by atoms with Gasteiger partial charge in [0.25, 0.3) is 0 Å². The Kier molecular flexibility index (Phi) is 3.66. The van der Waals surface area contributed by atoms with E-state index in [9.17, 15) is 0 Å². The molecule has 3 nitrogen and oxygen atoms in total. The zero-order valence-electron chi connectivity index (χ0n) is 10.6. The van der Waals surface area contributed by atoms with Crippen molar-refractivity contribution in [2.24, 2.45) is 0 Å². The van der Waals surface area contributed by atoms with Crippen molar-refractivity contribution in [3.8, 4) is 11.8 Å². The molecule has 0 aliphatic carbocycles. The molecule has 0 radical (unpaired) electrons. The van der Waals surface area contributed by atoms with Crippen molar-refractivity contribution in [3.05, 3.63) is 46.7 Å². The van der Waals surface area contributed by atoms with Gasteiger partial charge in [0.2, 0.25) is 0 Å². The van der Waals surface area contributed by atoms with Crippen molar-refractivity contribution in [3.63, 3.8) is 0 Å². The highest BCUT2D eigenvalue weighted by atomic mass is 79.9. The molecular weight excluding hydrogens is 292 g/mol. The third kappa shape index (κ3) is 3.29. The summed E-state index contributed by atoms with van der Waals surface area (Å²) >= 11 is 3.29. The number of rotatable bonds is 2. The smallest absolute Gasteiger partial charge is 0.321 e. The lowest BCUT2D eigenvalue weighted by Crippen LogP contribution is -2.10. The number of nitrogens with zero attached hydrogens (tertiary/aromatic N) is 2. The molecule has 0 fully saturated rings. The van der Waals surface area contributed by atoms with Crippen LogP contribution < -0.4 is 4.74 Å². The van der Waals surface area contributed by atoms with E-state index < -0.39 is 0 Å². The summed E-state index contributed by atoms with van der Waals surface area (Å²) < 4.78 is 6.46. The third-order valence-electron chi connectivity index (χ3n) is 2.51. The minimum Gasteiger partial charge on any atom is -0.424 e. The van der Waals surface area contributed by atoms with Gasteiger partial charge in [-0.05, 0) is 39.0 Å². The predicted molar refractivity (Wildman–Crippen MR) is 74.9 cm³/mol. The van der Waals surface area contributed by atoms with Gasteiger partial charge in [0.05, 0.1) is 4.47 Å². The van der Waals surface area contributed by atoms with Crippen LogP contribution >= 0.6 is 15.9 Å². The van der Waals surface area contributed by atoms with Gasteiger partial charge < -0.3 is 4.74 Å². The van der Waals surface area contributed by atoms with Crippen LogP contribution in [0, 0.1) is 0 Å². The van der Waals surface area contributed by atoms with Crippen molar-refractivity contribution in [2.45, 2.75) is 26.2 Å². The average Bonchev–Trinajstić information content (AvgIpc) is 2.31. The molecule has 1 aromatic heterocycles. The largest absolute Gasteiger partial charge is 0.424 e. The van der Waals surface area contributed by atoms with Gasteiger partial charge in [-0.15, -0.1) is 0 Å². The molecule has 0 atom stereocenters. The first-order valence-electron chi connectivity index (χ1n) is 5.71. The minimum atomic E-state index is 0.0972. The number of ether oxygens (including phenoxy) is 1. The zero-order valence-corrected chi connectivity index (χ0v) is 12.2. The van der Waals surface area contributed by atoms with Crippen LogP contribution in [0.5, 0.6) is 11.8 Å². The van der Waals surface area contributed by atoms with E-state index in [1.807, 2.05) is 18.2 Å². The SMILES string of the molecule is CC(C)(C)c1cccc(Oc2ncc(Br)cn2)c1. The Hall–Kier alpha value is -1.42. The van der Waals surface area contributed by atoms with Crippen molar-refractivity contribution >= 4 is 15.9 Å². The van der Waals surface area contributed by atoms with Crippen LogP contribution in [-0.2, 0) is 5.41 Å². The molecule has 0 saturated heterocycles. The lowest BCUT2D eigenvalue weighted by molar-refractivity contribution is 0.439. The Morgan fingerprint density at radius 2 is 1.78 bits per heavy atom. The lowest BCUT2D eigenvalue weighted by Gasteiger charge is -2.19. The van der Waals surface area contributed by atoms with Crippen LogP contribution in [0.4, 0.5) is 0 Å². The summed E-state index contributed by atoms with van der Waals surface area (Å²) in [5, 5.41) is 0. The Morgan fingerprint density at radius 3 is 2.39 bits per heavy atom. The highest BCUT2D eigenvalue weighted by Gasteiger charge is 2.14. The van der Waals surface area contributed by atoms with Crippen LogP contribution in [0.1, 0.15) is 26.3 Å². The Labute approximate surface area is 115 Å². The molecule has 1 aromatic carbocycles. The van der Waals surface area contributed by atoms with E-state index in [1.54, 1.807) is 12.4 Å². The van der Waals surface area contributed by atoms with E-state index >= 15 is 0 Å². The van der Waals surface area contributed by atoms with Crippen molar-refractivity contribution in [1.29, 1.82) is 0 Å². The van der Waals surface area contributed by atoms with Gasteiger partial charge in [-0.25, -0.2) is 9.97 Å². The second-order valence-corrected chi connectivity index (χ2v) is 5.98. The van der Waals surface area contributed by atoms with Gasteiger partial charge in [0, 0.05) is 12.4 Å². The lowest BCUT2D eigenvalue weighted by atomic mass is 9.87. The van der Waals surface area contributed by atoms with E-state index in [4.69, 9.17) is 4.74 Å². The van der Waals surface area contributed by atoms with Crippen LogP contribution in [0.3, 0.4) is 0 Å². The van der Waals surface area contributed by atoms with E-state index in [-0.39, 0.29) is 5.41 Å². The topological polar surface area (TPSA) is 35.0 Å². The molecule has 0 N–H and O–H groups in total. The molecule has 0 bridgehead atoms. The Balaban J connectivity index is 2.22. The minimum absolute atomic E-state index is 0.0972. The fraction of sp³-hybridized carbons (Fsp3) is 0.286. The molecular formula is C14H15BrN2O. The standard InChI is InChI=1S/C14H15BrN2O/c1-14(2,3)10-5-4-6-12(7-10)18-13-16-8-11(15)9-17-13/h4-9H,1-3H3. The number of benzene rings is 1. The molecule has 0 unspecified atom stereocenters. The maximum Gasteiger partial charge on any atom is 0.321 e. The monoisotopic (exact) mass is 306 g/mol. The van der Waals surface area contributed by atoms with Gasteiger partial charge in [-0.2, -0.15) is 0 Å². The molecule has 2 rings (SSSR count). The quantitative estimate of drug-likeness (QED) is 0.828. The van der Waals surface area contributed by atoms with E-state index in [0.717, 1.165) is 10.2 Å². The highest BCUT2D eigenvalue weighted by Crippen LogP contribution is 2.27. The predicted octanol–water partition coefficient (Wildman–Crippen LogP) is 4.33. The second kappa shape index (κ2) is 5.06. The summed E-state index contributed by atoms with van der Waals surface area (Å²) in [7, 11) is 0.